The standard InChI is InChI=1S/C20H24N8O3/c1-28(11-13-10-24-18-16(25-13)17(21)26-20(22)27-18)14-7-5-12(6-8-14)19(30)23-9-3-4-15(29)31-2/h5-8,10H,3-4,9,11H2,1-2H3,(H,23,30)(H4,21,22,24,26,27). The highest BCUT2D eigenvalue weighted by atomic mass is 16.5. The molecule has 11 heteroatoms. The van der Waals surface area contributed by atoms with Gasteiger partial charge in [0.05, 0.1) is 25.5 Å². The van der Waals surface area contributed by atoms with E-state index in [2.05, 4.69) is 30.0 Å². The number of carbonyl (C=O) groups excluding carboxylic acids is 2. The van der Waals surface area contributed by atoms with E-state index in [0.717, 1.165) is 5.69 Å². The minimum Gasteiger partial charge on any atom is -0.469 e. The van der Waals surface area contributed by atoms with E-state index >= 15 is 0 Å². The number of nitrogens with one attached hydrogen (secondary N) is 1. The Labute approximate surface area is 178 Å². The number of nitrogens with two attached hydrogens (primary N) is 2. The van der Waals surface area contributed by atoms with Crippen LogP contribution in [0.15, 0.2) is 30.5 Å². The molecular weight excluding hydrogens is 400 g/mol. The fourth-order valence-electron chi connectivity index (χ4n) is 2.90. The molecule has 162 valence electrons. The van der Waals surface area contributed by atoms with Crippen molar-refractivity contribution in [3.8, 4) is 0 Å². The lowest BCUT2D eigenvalue weighted by Gasteiger charge is -2.19. The van der Waals surface area contributed by atoms with Gasteiger partial charge in [-0.1, -0.05) is 0 Å². The average molecular weight is 424 g/mol. The van der Waals surface area contributed by atoms with Gasteiger partial charge in [-0.05, 0) is 30.7 Å². The van der Waals surface area contributed by atoms with Crippen molar-refractivity contribution in [1.82, 2.24) is 25.3 Å². The second kappa shape index (κ2) is 9.65. The quantitative estimate of drug-likeness (QED) is 0.350. The van der Waals surface area contributed by atoms with Crippen molar-refractivity contribution >= 4 is 40.5 Å². The van der Waals surface area contributed by atoms with Crippen LogP contribution in [0.5, 0.6) is 0 Å². The Morgan fingerprint density at radius 2 is 1.87 bits per heavy atom. The molecule has 0 radical (unpaired) electrons. The monoisotopic (exact) mass is 424 g/mol. The Morgan fingerprint density at radius 3 is 2.58 bits per heavy atom. The van der Waals surface area contributed by atoms with Gasteiger partial charge in [0.2, 0.25) is 5.95 Å². The number of esters is 1. The molecule has 3 aromatic rings. The van der Waals surface area contributed by atoms with E-state index in [9.17, 15) is 9.59 Å². The Balaban J connectivity index is 1.60. The normalized spacial score (nSPS) is 10.6. The summed E-state index contributed by atoms with van der Waals surface area (Å²) in [6, 6.07) is 7.16. The second-order valence-electron chi connectivity index (χ2n) is 6.84. The minimum absolute atomic E-state index is 0.0526. The Hall–Kier alpha value is -4.02. The SMILES string of the molecule is COC(=O)CCCNC(=O)c1ccc(N(C)Cc2cnc3nc(N)nc(N)c3n2)cc1. The van der Waals surface area contributed by atoms with Crippen LogP contribution in [0.3, 0.4) is 0 Å². The van der Waals surface area contributed by atoms with Crippen molar-refractivity contribution < 1.29 is 14.3 Å². The smallest absolute Gasteiger partial charge is 0.305 e. The summed E-state index contributed by atoms with van der Waals surface area (Å²) in [5, 5.41) is 2.78. The first kappa shape index (κ1) is 21.7. The predicted octanol–water partition coefficient (Wildman–Crippen LogP) is 0.904. The molecule has 1 amide bonds. The Morgan fingerprint density at radius 1 is 1.13 bits per heavy atom. The first-order chi connectivity index (χ1) is 14.9. The second-order valence-corrected chi connectivity index (χ2v) is 6.84. The predicted molar refractivity (Wildman–Crippen MR) is 116 cm³/mol. The largest absolute Gasteiger partial charge is 0.469 e. The number of carbonyl (C=O) groups is 2. The zero-order chi connectivity index (χ0) is 22.4. The summed E-state index contributed by atoms with van der Waals surface area (Å²) in [6.45, 7) is 0.862. The summed E-state index contributed by atoms with van der Waals surface area (Å²) in [5.74, 6) is -0.260. The summed E-state index contributed by atoms with van der Waals surface area (Å²) < 4.78 is 4.57. The van der Waals surface area contributed by atoms with Gasteiger partial charge in [-0.25, -0.2) is 9.97 Å². The third-order valence-corrected chi connectivity index (χ3v) is 4.54. The van der Waals surface area contributed by atoms with Gasteiger partial charge >= 0.3 is 5.97 Å². The molecule has 0 saturated heterocycles. The number of methoxy groups -OCH3 is 1. The number of nitrogens with zero attached hydrogens (tertiary/aromatic N) is 5. The number of ether oxygens (including phenoxy) is 1. The fourth-order valence-corrected chi connectivity index (χ4v) is 2.90. The maximum absolute atomic E-state index is 12.2. The molecule has 0 spiro atoms. The molecule has 5 N–H and O–H groups in total. The third-order valence-electron chi connectivity index (χ3n) is 4.54. The molecular formula is C20H24N8O3. The van der Waals surface area contributed by atoms with E-state index in [1.54, 1.807) is 18.3 Å². The minimum atomic E-state index is -0.294. The Bertz CT molecular complexity index is 1090. The molecule has 0 aliphatic carbocycles. The molecule has 0 saturated carbocycles. The van der Waals surface area contributed by atoms with Gasteiger partial charge in [-0.2, -0.15) is 9.97 Å². The van der Waals surface area contributed by atoms with Crippen molar-refractivity contribution in [1.29, 1.82) is 0 Å². The third kappa shape index (κ3) is 5.53. The zero-order valence-electron chi connectivity index (χ0n) is 17.3. The maximum atomic E-state index is 12.2. The van der Waals surface area contributed by atoms with Crippen molar-refractivity contribution in [2.45, 2.75) is 19.4 Å². The number of amides is 1. The Kier molecular flexibility index (Phi) is 6.75. The number of aromatic nitrogens is 4. The molecule has 0 aliphatic rings. The van der Waals surface area contributed by atoms with Crippen LogP contribution in [0, 0.1) is 0 Å². The van der Waals surface area contributed by atoms with Gasteiger partial charge < -0.3 is 26.4 Å². The molecule has 31 heavy (non-hydrogen) atoms. The van der Waals surface area contributed by atoms with Gasteiger partial charge in [0.15, 0.2) is 17.0 Å². The van der Waals surface area contributed by atoms with Crippen LogP contribution < -0.4 is 21.7 Å². The maximum Gasteiger partial charge on any atom is 0.305 e. The van der Waals surface area contributed by atoms with E-state index in [-0.39, 0.29) is 30.1 Å². The van der Waals surface area contributed by atoms with Gasteiger partial charge in [-0.3, -0.25) is 9.59 Å². The van der Waals surface area contributed by atoms with Crippen molar-refractivity contribution in [2.24, 2.45) is 0 Å². The highest BCUT2D eigenvalue weighted by Gasteiger charge is 2.11. The summed E-state index contributed by atoms with van der Waals surface area (Å²) in [7, 11) is 3.24. The van der Waals surface area contributed by atoms with Gasteiger partial charge in [0.25, 0.3) is 5.91 Å². The average Bonchev–Trinajstić information content (AvgIpc) is 2.76. The van der Waals surface area contributed by atoms with Crippen LogP contribution in [0.25, 0.3) is 11.2 Å². The number of rotatable bonds is 8. The number of anilines is 3. The highest BCUT2D eigenvalue weighted by Crippen LogP contribution is 2.18. The van der Waals surface area contributed by atoms with Crippen LogP contribution in [0.1, 0.15) is 28.9 Å². The van der Waals surface area contributed by atoms with E-state index < -0.39 is 0 Å². The molecule has 0 atom stereocenters. The summed E-state index contributed by atoms with van der Waals surface area (Å²) in [5.41, 5.74) is 14.3. The molecule has 0 bridgehead atoms. The van der Waals surface area contributed by atoms with Crippen LogP contribution in [-0.2, 0) is 16.1 Å². The number of hydrogen-bond donors (Lipinski definition) is 3. The number of fused-ring (bicyclic) bond motifs is 1. The molecule has 2 heterocycles. The van der Waals surface area contributed by atoms with Crippen LogP contribution in [-0.4, -0.2) is 52.5 Å². The van der Waals surface area contributed by atoms with Gasteiger partial charge in [-0.15, -0.1) is 0 Å². The fraction of sp³-hybridized carbons (Fsp3) is 0.300. The zero-order valence-corrected chi connectivity index (χ0v) is 17.3. The summed E-state index contributed by atoms with van der Waals surface area (Å²) >= 11 is 0. The van der Waals surface area contributed by atoms with E-state index in [0.29, 0.717) is 41.9 Å². The van der Waals surface area contributed by atoms with Crippen molar-refractivity contribution in [2.75, 3.05) is 37.1 Å². The van der Waals surface area contributed by atoms with E-state index in [1.165, 1.54) is 7.11 Å². The first-order valence-corrected chi connectivity index (χ1v) is 9.58. The van der Waals surface area contributed by atoms with E-state index in [1.807, 2.05) is 24.1 Å². The molecule has 2 aromatic heterocycles. The number of nitrogen functional groups attached to an aromatic ring is 2. The van der Waals surface area contributed by atoms with Crippen LogP contribution >= 0.6 is 0 Å². The lowest BCUT2D eigenvalue weighted by Crippen LogP contribution is -2.25. The lowest BCUT2D eigenvalue weighted by atomic mass is 10.1. The van der Waals surface area contributed by atoms with Crippen LogP contribution in [0.2, 0.25) is 0 Å². The van der Waals surface area contributed by atoms with Crippen molar-refractivity contribution in [3.63, 3.8) is 0 Å². The lowest BCUT2D eigenvalue weighted by molar-refractivity contribution is -0.140. The van der Waals surface area contributed by atoms with Crippen LogP contribution in [0.4, 0.5) is 17.5 Å². The molecule has 0 aliphatic heterocycles. The molecule has 3 rings (SSSR count). The highest BCUT2D eigenvalue weighted by molar-refractivity contribution is 5.94. The number of hydrogen-bond acceptors (Lipinski definition) is 10. The molecule has 0 fully saturated rings. The van der Waals surface area contributed by atoms with E-state index in [4.69, 9.17) is 11.5 Å². The molecule has 0 unspecified atom stereocenters. The first-order valence-electron chi connectivity index (χ1n) is 9.58. The van der Waals surface area contributed by atoms with Gasteiger partial charge in [0.1, 0.15) is 0 Å². The number of benzene rings is 1. The molecule has 1 aromatic carbocycles. The topological polar surface area (TPSA) is 162 Å². The van der Waals surface area contributed by atoms with Crippen molar-refractivity contribution in [3.05, 3.63) is 41.7 Å². The molecule has 11 nitrogen and oxygen atoms in total. The summed E-state index contributed by atoms with van der Waals surface area (Å²) in [6.07, 6.45) is 2.40. The summed E-state index contributed by atoms with van der Waals surface area (Å²) in [4.78, 5) is 41.9. The van der Waals surface area contributed by atoms with Gasteiger partial charge in [0, 0.05) is 31.3 Å².